The Kier molecular flexibility index (Phi) is 5.25. The lowest BCUT2D eigenvalue weighted by Crippen LogP contribution is -1.78. The minimum atomic E-state index is 0.190. The Morgan fingerprint density at radius 3 is 1.27 bits per heavy atom. The van der Waals surface area contributed by atoms with Gasteiger partial charge in [0.15, 0.2) is 0 Å². The molecule has 132 valence electrons. The third-order valence-corrected chi connectivity index (χ3v) is 5.50. The van der Waals surface area contributed by atoms with Gasteiger partial charge in [0, 0.05) is 10.8 Å². The van der Waals surface area contributed by atoms with Crippen molar-refractivity contribution < 1.29 is 20.4 Å². The van der Waals surface area contributed by atoms with Crippen molar-refractivity contribution in [2.24, 2.45) is 0 Å². The van der Waals surface area contributed by atoms with Crippen LogP contribution in [0.4, 0.5) is 0 Å². The van der Waals surface area contributed by atoms with Gasteiger partial charge in [0.25, 0.3) is 0 Å². The zero-order chi connectivity index (χ0) is 18.8. The van der Waals surface area contributed by atoms with E-state index in [4.69, 9.17) is 10.2 Å². The number of rotatable bonds is 0. The highest BCUT2D eigenvalue weighted by atomic mass is 79.9. The normalized spacial score (nSPS) is 10.5. The quantitative estimate of drug-likeness (QED) is 0.249. The number of benzene rings is 4. The van der Waals surface area contributed by atoms with E-state index in [0.29, 0.717) is 8.95 Å². The predicted molar refractivity (Wildman–Crippen MR) is 110 cm³/mol. The van der Waals surface area contributed by atoms with Gasteiger partial charge in [-0.2, -0.15) is 0 Å². The van der Waals surface area contributed by atoms with Crippen molar-refractivity contribution in [3.63, 3.8) is 0 Å². The molecule has 0 aliphatic heterocycles. The van der Waals surface area contributed by atoms with Gasteiger partial charge in [-0.15, -0.1) is 0 Å². The Balaban J connectivity index is 0.000000152. The summed E-state index contributed by atoms with van der Waals surface area (Å²) in [6.07, 6.45) is 0. The van der Waals surface area contributed by atoms with Gasteiger partial charge in [0.2, 0.25) is 0 Å². The van der Waals surface area contributed by atoms with Crippen molar-refractivity contribution in [1.29, 1.82) is 0 Å². The van der Waals surface area contributed by atoms with Crippen molar-refractivity contribution >= 4 is 53.4 Å². The Morgan fingerprint density at radius 1 is 0.500 bits per heavy atom. The summed E-state index contributed by atoms with van der Waals surface area (Å²) in [5, 5.41) is 40.7. The average Bonchev–Trinajstić information content (AvgIpc) is 2.62. The summed E-state index contributed by atoms with van der Waals surface area (Å²) < 4.78 is 1.27. The second-order valence-corrected chi connectivity index (χ2v) is 7.19. The largest absolute Gasteiger partial charge is 0.508 e. The number of hydrogen-bond donors (Lipinski definition) is 4. The first-order chi connectivity index (χ1) is 12.4. The molecule has 0 aliphatic carbocycles. The number of aromatic hydroxyl groups is 4. The maximum atomic E-state index is 9.45. The van der Waals surface area contributed by atoms with Crippen LogP contribution in [0.2, 0.25) is 0 Å². The van der Waals surface area contributed by atoms with Crippen molar-refractivity contribution in [1.82, 2.24) is 0 Å². The van der Waals surface area contributed by atoms with E-state index >= 15 is 0 Å². The lowest BCUT2D eigenvalue weighted by molar-refractivity contribution is 0.470. The second kappa shape index (κ2) is 7.43. The molecule has 0 bridgehead atoms. The highest BCUT2D eigenvalue weighted by Gasteiger charge is 2.08. The lowest BCUT2D eigenvalue weighted by Gasteiger charge is -2.06. The van der Waals surface area contributed by atoms with Crippen LogP contribution in [0.3, 0.4) is 0 Å². The van der Waals surface area contributed by atoms with Crippen molar-refractivity contribution in [2.45, 2.75) is 0 Å². The van der Waals surface area contributed by atoms with Gasteiger partial charge in [-0.05, 0) is 91.2 Å². The minimum absolute atomic E-state index is 0.190. The van der Waals surface area contributed by atoms with Gasteiger partial charge in [0.05, 0.1) is 8.95 Å². The molecule has 26 heavy (non-hydrogen) atoms. The molecule has 0 unspecified atom stereocenters. The van der Waals surface area contributed by atoms with Crippen LogP contribution in [0.5, 0.6) is 23.0 Å². The molecule has 0 heterocycles. The SMILES string of the molecule is Oc1ccc2c(Br)c(O)ccc2c1Br.Oc1ccc2cc(O)ccc2c1. The highest BCUT2D eigenvalue weighted by molar-refractivity contribution is 9.11. The zero-order valence-electron chi connectivity index (χ0n) is 13.3. The number of phenolic OH excluding ortho intramolecular Hbond substituents is 4. The van der Waals surface area contributed by atoms with Crippen LogP contribution in [-0.4, -0.2) is 20.4 Å². The maximum absolute atomic E-state index is 9.45. The van der Waals surface area contributed by atoms with E-state index in [1.54, 1.807) is 60.7 Å². The van der Waals surface area contributed by atoms with Crippen LogP contribution in [-0.2, 0) is 0 Å². The monoisotopic (exact) mass is 476 g/mol. The molecule has 0 fully saturated rings. The summed E-state index contributed by atoms with van der Waals surface area (Å²) in [5.74, 6) is 0.867. The molecule has 0 saturated carbocycles. The summed E-state index contributed by atoms with van der Waals surface area (Å²) in [6, 6.07) is 16.7. The average molecular weight is 478 g/mol. The van der Waals surface area contributed by atoms with Crippen molar-refractivity contribution in [3.8, 4) is 23.0 Å². The third-order valence-electron chi connectivity index (χ3n) is 3.84. The summed E-state index contributed by atoms with van der Waals surface area (Å²) in [5.41, 5.74) is 0. The first kappa shape index (κ1) is 18.4. The van der Waals surface area contributed by atoms with Crippen LogP contribution in [0.1, 0.15) is 0 Å². The molecule has 0 aliphatic rings. The molecule has 0 aromatic heterocycles. The van der Waals surface area contributed by atoms with Gasteiger partial charge in [-0.25, -0.2) is 0 Å². The zero-order valence-corrected chi connectivity index (χ0v) is 16.5. The van der Waals surface area contributed by atoms with E-state index in [2.05, 4.69) is 31.9 Å². The Bertz CT molecular complexity index is 1020. The van der Waals surface area contributed by atoms with E-state index in [-0.39, 0.29) is 23.0 Å². The fraction of sp³-hybridized carbons (Fsp3) is 0. The van der Waals surface area contributed by atoms with Crippen molar-refractivity contribution in [3.05, 3.63) is 69.6 Å². The molecule has 4 N–H and O–H groups in total. The van der Waals surface area contributed by atoms with Crippen LogP contribution < -0.4 is 0 Å². The van der Waals surface area contributed by atoms with Crippen LogP contribution in [0.25, 0.3) is 21.5 Å². The van der Waals surface area contributed by atoms with E-state index < -0.39 is 0 Å². The molecule has 4 aromatic carbocycles. The van der Waals surface area contributed by atoms with E-state index in [9.17, 15) is 10.2 Å². The Labute approximate surface area is 166 Å². The molecule has 4 aromatic rings. The fourth-order valence-electron chi connectivity index (χ4n) is 2.53. The van der Waals surface area contributed by atoms with Crippen LogP contribution in [0, 0.1) is 0 Å². The molecule has 0 radical (unpaired) electrons. The third kappa shape index (κ3) is 3.71. The minimum Gasteiger partial charge on any atom is -0.508 e. The van der Waals surface area contributed by atoms with Gasteiger partial charge >= 0.3 is 0 Å². The van der Waals surface area contributed by atoms with Gasteiger partial charge in [-0.3, -0.25) is 0 Å². The number of phenols is 4. The lowest BCUT2D eigenvalue weighted by atomic mass is 10.1. The Hall–Kier alpha value is -2.44. The topological polar surface area (TPSA) is 80.9 Å². The van der Waals surface area contributed by atoms with Crippen LogP contribution in [0.15, 0.2) is 69.6 Å². The predicted octanol–water partition coefficient (Wildman–Crippen LogP) is 6.03. The molecular formula is C20H14Br2O4. The number of hydrogen-bond acceptors (Lipinski definition) is 4. The molecule has 0 amide bonds. The fourth-order valence-corrected chi connectivity index (χ4v) is 3.49. The molecule has 0 saturated heterocycles. The van der Waals surface area contributed by atoms with Gasteiger partial charge in [-0.1, -0.05) is 12.1 Å². The van der Waals surface area contributed by atoms with E-state index in [0.717, 1.165) is 21.5 Å². The molecule has 0 atom stereocenters. The first-order valence-corrected chi connectivity index (χ1v) is 9.16. The molecule has 0 spiro atoms. The standard InChI is InChI=1S/C10H6Br2O2.C10H8O2/c11-9-5-1-3-7(13)10(12)6(5)2-4-8(9)14;11-9-3-1-7-5-10(12)4-2-8(7)6-9/h1-4,13-14H;1-6,11-12H. The first-order valence-electron chi connectivity index (χ1n) is 7.57. The summed E-state index contributed by atoms with van der Waals surface area (Å²) in [6.45, 7) is 0. The smallest absolute Gasteiger partial charge is 0.130 e. The highest BCUT2D eigenvalue weighted by Crippen LogP contribution is 2.39. The maximum Gasteiger partial charge on any atom is 0.130 e. The van der Waals surface area contributed by atoms with Crippen LogP contribution >= 0.6 is 31.9 Å². The molecule has 4 rings (SSSR count). The Morgan fingerprint density at radius 2 is 0.885 bits per heavy atom. The van der Waals surface area contributed by atoms with Crippen molar-refractivity contribution in [2.75, 3.05) is 0 Å². The molecular weight excluding hydrogens is 464 g/mol. The summed E-state index contributed by atoms with van der Waals surface area (Å²) >= 11 is 6.57. The number of fused-ring (bicyclic) bond motifs is 2. The molecule has 6 heteroatoms. The second-order valence-electron chi connectivity index (χ2n) is 5.61. The summed E-state index contributed by atoms with van der Waals surface area (Å²) in [7, 11) is 0. The van der Waals surface area contributed by atoms with E-state index in [1.807, 2.05) is 0 Å². The number of halogens is 2. The summed E-state index contributed by atoms with van der Waals surface area (Å²) in [4.78, 5) is 0. The van der Waals surface area contributed by atoms with Gasteiger partial charge in [0.1, 0.15) is 23.0 Å². The molecule has 4 nitrogen and oxygen atoms in total. The van der Waals surface area contributed by atoms with E-state index in [1.165, 1.54) is 0 Å². The van der Waals surface area contributed by atoms with Gasteiger partial charge < -0.3 is 20.4 Å².